The maximum atomic E-state index is 3.64. The Balaban J connectivity index is 1.98. The molecule has 1 rings (SSSR count). The third kappa shape index (κ3) is 2.19. The van der Waals surface area contributed by atoms with Gasteiger partial charge in [-0.15, -0.1) is 6.58 Å². The van der Waals surface area contributed by atoms with Gasteiger partial charge >= 0.3 is 0 Å². The van der Waals surface area contributed by atoms with Gasteiger partial charge < -0.3 is 5.32 Å². The van der Waals surface area contributed by atoms with Crippen LogP contribution in [0.1, 0.15) is 19.8 Å². The lowest BCUT2D eigenvalue weighted by Crippen LogP contribution is -2.21. The fourth-order valence-electron chi connectivity index (χ4n) is 0.866. The van der Waals surface area contributed by atoms with Crippen LogP contribution in [0.25, 0.3) is 0 Å². The van der Waals surface area contributed by atoms with Gasteiger partial charge in [0.05, 0.1) is 0 Å². The average molecular weight is 125 g/mol. The van der Waals surface area contributed by atoms with Crippen molar-refractivity contribution < 1.29 is 0 Å². The lowest BCUT2D eigenvalue weighted by atomic mass is 10.1. The van der Waals surface area contributed by atoms with Gasteiger partial charge in [-0.2, -0.15) is 0 Å². The van der Waals surface area contributed by atoms with Crippen molar-refractivity contribution in [1.29, 1.82) is 0 Å². The summed E-state index contributed by atoms with van der Waals surface area (Å²) >= 11 is 0. The van der Waals surface area contributed by atoms with Gasteiger partial charge in [0.25, 0.3) is 0 Å². The fourth-order valence-corrected chi connectivity index (χ4v) is 0.866. The first-order valence-corrected chi connectivity index (χ1v) is 3.58. The Morgan fingerprint density at radius 1 is 1.67 bits per heavy atom. The highest BCUT2D eigenvalue weighted by atomic mass is 14.9. The molecule has 0 aromatic heterocycles. The molecule has 0 amide bonds. The molecule has 0 heterocycles. The van der Waals surface area contributed by atoms with Gasteiger partial charge in [0, 0.05) is 13.1 Å². The summed E-state index contributed by atoms with van der Waals surface area (Å²) in [6.07, 6.45) is 4.71. The van der Waals surface area contributed by atoms with E-state index in [2.05, 4.69) is 18.8 Å². The van der Waals surface area contributed by atoms with Crippen LogP contribution in [-0.4, -0.2) is 13.1 Å². The Kier molecular flexibility index (Phi) is 1.91. The quantitative estimate of drug-likeness (QED) is 0.444. The van der Waals surface area contributed by atoms with E-state index in [1.165, 1.54) is 19.4 Å². The zero-order chi connectivity index (χ0) is 6.74. The van der Waals surface area contributed by atoms with Crippen molar-refractivity contribution in [2.24, 2.45) is 5.41 Å². The zero-order valence-electron chi connectivity index (χ0n) is 6.11. The second kappa shape index (κ2) is 2.53. The van der Waals surface area contributed by atoms with Crippen LogP contribution in [0.15, 0.2) is 12.7 Å². The molecule has 0 atom stereocenters. The molecular formula is C8H15N. The molecule has 0 aromatic carbocycles. The highest BCUT2D eigenvalue weighted by Gasteiger charge is 2.36. The molecule has 1 N–H and O–H groups in total. The molecule has 0 spiro atoms. The minimum absolute atomic E-state index is 0.642. The topological polar surface area (TPSA) is 12.0 Å². The van der Waals surface area contributed by atoms with Crippen molar-refractivity contribution in [3.63, 3.8) is 0 Å². The molecule has 1 aliphatic carbocycles. The third-order valence-electron chi connectivity index (χ3n) is 1.94. The summed E-state index contributed by atoms with van der Waals surface area (Å²) in [5.74, 6) is 0. The van der Waals surface area contributed by atoms with Crippen molar-refractivity contribution in [1.82, 2.24) is 5.32 Å². The lowest BCUT2D eigenvalue weighted by molar-refractivity contribution is 0.518. The molecule has 0 saturated heterocycles. The molecule has 1 nitrogen and oxygen atoms in total. The highest BCUT2D eigenvalue weighted by molar-refractivity contribution is 4.90. The van der Waals surface area contributed by atoms with Gasteiger partial charge in [-0.1, -0.05) is 13.0 Å². The highest BCUT2D eigenvalue weighted by Crippen LogP contribution is 2.43. The van der Waals surface area contributed by atoms with Gasteiger partial charge in [0.15, 0.2) is 0 Å². The van der Waals surface area contributed by atoms with Gasteiger partial charge in [0.1, 0.15) is 0 Å². The summed E-state index contributed by atoms with van der Waals surface area (Å²) in [4.78, 5) is 0. The largest absolute Gasteiger partial charge is 0.313 e. The molecule has 1 saturated carbocycles. The maximum Gasteiger partial charge on any atom is 0.0132 e. The van der Waals surface area contributed by atoms with Gasteiger partial charge in [0.2, 0.25) is 0 Å². The first-order valence-electron chi connectivity index (χ1n) is 3.58. The average Bonchev–Trinajstić information content (AvgIpc) is 2.50. The summed E-state index contributed by atoms with van der Waals surface area (Å²) in [6.45, 7) is 8.08. The third-order valence-corrected chi connectivity index (χ3v) is 1.94. The number of nitrogens with one attached hydrogen (secondary N) is 1. The van der Waals surface area contributed by atoms with Gasteiger partial charge in [-0.05, 0) is 18.3 Å². The number of hydrogen-bond donors (Lipinski definition) is 1. The molecule has 1 aliphatic rings. The van der Waals surface area contributed by atoms with Crippen LogP contribution >= 0.6 is 0 Å². The first-order chi connectivity index (χ1) is 4.27. The maximum absolute atomic E-state index is 3.64. The molecule has 0 radical (unpaired) electrons. The normalized spacial score (nSPS) is 21.4. The van der Waals surface area contributed by atoms with Crippen LogP contribution in [0.5, 0.6) is 0 Å². The summed E-state index contributed by atoms with van der Waals surface area (Å²) in [5.41, 5.74) is 0.642. The van der Waals surface area contributed by atoms with E-state index in [1.54, 1.807) is 0 Å². The van der Waals surface area contributed by atoms with Crippen molar-refractivity contribution in [3.05, 3.63) is 12.7 Å². The molecular weight excluding hydrogens is 110 g/mol. The Hall–Kier alpha value is -0.300. The Morgan fingerprint density at radius 2 is 2.33 bits per heavy atom. The van der Waals surface area contributed by atoms with Crippen molar-refractivity contribution in [2.75, 3.05) is 13.1 Å². The molecule has 0 aliphatic heterocycles. The second-order valence-electron chi connectivity index (χ2n) is 3.23. The molecule has 9 heavy (non-hydrogen) atoms. The standard InChI is InChI=1S/C8H15N/c1-3-6-9-7-8(2)4-5-8/h3,9H,1,4-7H2,2H3. The smallest absolute Gasteiger partial charge is 0.0132 e. The predicted molar refractivity (Wildman–Crippen MR) is 40.4 cm³/mol. The monoisotopic (exact) mass is 125 g/mol. The Morgan fingerprint density at radius 3 is 2.78 bits per heavy atom. The fraction of sp³-hybridized carbons (Fsp3) is 0.750. The van der Waals surface area contributed by atoms with Crippen LogP contribution < -0.4 is 5.32 Å². The number of hydrogen-bond acceptors (Lipinski definition) is 1. The van der Waals surface area contributed by atoms with Crippen LogP contribution in [-0.2, 0) is 0 Å². The van der Waals surface area contributed by atoms with Crippen LogP contribution in [0.3, 0.4) is 0 Å². The minimum Gasteiger partial charge on any atom is -0.313 e. The van der Waals surface area contributed by atoms with Crippen LogP contribution in [0.4, 0.5) is 0 Å². The molecule has 1 heteroatoms. The lowest BCUT2D eigenvalue weighted by Gasteiger charge is -2.06. The van der Waals surface area contributed by atoms with E-state index >= 15 is 0 Å². The first kappa shape index (κ1) is 6.81. The minimum atomic E-state index is 0.642. The molecule has 52 valence electrons. The predicted octanol–water partition coefficient (Wildman–Crippen LogP) is 1.56. The molecule has 0 unspecified atom stereocenters. The van der Waals surface area contributed by atoms with Gasteiger partial charge in [-0.25, -0.2) is 0 Å². The molecule has 1 fully saturated rings. The zero-order valence-corrected chi connectivity index (χ0v) is 6.11. The summed E-state index contributed by atoms with van der Waals surface area (Å²) in [5, 5.41) is 3.32. The van der Waals surface area contributed by atoms with Crippen molar-refractivity contribution >= 4 is 0 Å². The van der Waals surface area contributed by atoms with E-state index in [0.717, 1.165) is 6.54 Å². The van der Waals surface area contributed by atoms with Crippen molar-refractivity contribution in [2.45, 2.75) is 19.8 Å². The van der Waals surface area contributed by atoms with E-state index < -0.39 is 0 Å². The van der Waals surface area contributed by atoms with E-state index in [-0.39, 0.29) is 0 Å². The summed E-state index contributed by atoms with van der Waals surface area (Å²) < 4.78 is 0. The van der Waals surface area contributed by atoms with Crippen molar-refractivity contribution in [3.8, 4) is 0 Å². The van der Waals surface area contributed by atoms with Crippen LogP contribution in [0.2, 0.25) is 0 Å². The molecule has 0 bridgehead atoms. The number of rotatable bonds is 4. The summed E-state index contributed by atoms with van der Waals surface area (Å²) in [6, 6.07) is 0. The second-order valence-corrected chi connectivity index (χ2v) is 3.23. The Bertz CT molecular complexity index is 103. The SMILES string of the molecule is C=CCNCC1(C)CC1. The summed E-state index contributed by atoms with van der Waals surface area (Å²) in [7, 11) is 0. The molecule has 0 aromatic rings. The Labute approximate surface area is 57.1 Å². The van der Waals surface area contributed by atoms with Gasteiger partial charge in [-0.3, -0.25) is 0 Å². The van der Waals surface area contributed by atoms with E-state index in [4.69, 9.17) is 0 Å². The van der Waals surface area contributed by atoms with E-state index in [0.29, 0.717) is 5.41 Å². The van der Waals surface area contributed by atoms with Crippen LogP contribution in [0, 0.1) is 5.41 Å². The van der Waals surface area contributed by atoms with E-state index in [9.17, 15) is 0 Å². The van der Waals surface area contributed by atoms with E-state index in [1.807, 2.05) is 6.08 Å².